The number of hydrogen-bond acceptors (Lipinski definition) is 6. The molecule has 2 amide bonds. The van der Waals surface area contributed by atoms with Crippen molar-refractivity contribution >= 4 is 34.8 Å². The van der Waals surface area contributed by atoms with Gasteiger partial charge in [-0.15, -0.1) is 8.78 Å². The number of fused-ring (bicyclic) bond motifs is 1. The zero-order chi connectivity index (χ0) is 26.0. The Labute approximate surface area is 211 Å². The van der Waals surface area contributed by atoms with Crippen LogP contribution in [0.25, 0.3) is 11.1 Å². The van der Waals surface area contributed by atoms with Crippen LogP contribution in [-0.4, -0.2) is 46.5 Å². The molecule has 36 heavy (non-hydrogen) atoms. The van der Waals surface area contributed by atoms with Gasteiger partial charge < -0.3 is 20.3 Å². The van der Waals surface area contributed by atoms with Crippen molar-refractivity contribution in [2.24, 2.45) is 0 Å². The van der Waals surface area contributed by atoms with Crippen LogP contribution in [0.3, 0.4) is 0 Å². The van der Waals surface area contributed by atoms with Gasteiger partial charge in [-0.2, -0.15) is 0 Å². The molecule has 1 aliphatic rings. The minimum atomic E-state index is -3.83. The second-order valence-electron chi connectivity index (χ2n) is 8.52. The molecule has 0 saturated heterocycles. The van der Waals surface area contributed by atoms with E-state index in [0.717, 1.165) is 16.8 Å². The molecule has 0 aliphatic carbocycles. The van der Waals surface area contributed by atoms with E-state index < -0.39 is 17.5 Å². The van der Waals surface area contributed by atoms with Crippen molar-refractivity contribution in [3.05, 3.63) is 66.2 Å². The Hall–Kier alpha value is -3.79. The van der Waals surface area contributed by atoms with E-state index in [9.17, 15) is 18.4 Å². The molecule has 1 aliphatic heterocycles. The van der Waals surface area contributed by atoms with Gasteiger partial charge in [0.2, 0.25) is 5.91 Å². The van der Waals surface area contributed by atoms with Crippen LogP contribution in [-0.2, 0) is 11.2 Å². The number of hydrogen-bond donors (Lipinski definition) is 2. The lowest BCUT2D eigenvalue weighted by Gasteiger charge is -2.31. The third-order valence-corrected chi connectivity index (χ3v) is 5.86. The third kappa shape index (κ3) is 5.38. The smallest absolute Gasteiger partial charge is 0.420 e. The van der Waals surface area contributed by atoms with Gasteiger partial charge in [0.15, 0.2) is 0 Å². The number of nitrogens with one attached hydrogen (secondary N) is 2. The van der Waals surface area contributed by atoms with Crippen LogP contribution in [0.4, 0.5) is 20.2 Å². The first-order valence-electron chi connectivity index (χ1n) is 11.2. The number of rotatable bonds is 7. The van der Waals surface area contributed by atoms with E-state index in [0.29, 0.717) is 23.2 Å². The SMILES string of the molecule is CNC(=O)C1Cc2cc(C(=O)Nc3ccc(OC(F)(F)Cl)cc3)cc(-c3cncnc3)c2N1C(C)C. The molecule has 2 heterocycles. The second kappa shape index (κ2) is 10.1. The lowest BCUT2D eigenvalue weighted by Crippen LogP contribution is -2.47. The van der Waals surface area contributed by atoms with Crippen molar-refractivity contribution < 1.29 is 23.1 Å². The number of benzene rings is 2. The van der Waals surface area contributed by atoms with Gasteiger partial charge in [0.1, 0.15) is 18.1 Å². The number of halogens is 3. The second-order valence-corrected chi connectivity index (χ2v) is 8.96. The number of carbonyl (C=O) groups is 2. The lowest BCUT2D eigenvalue weighted by molar-refractivity contribution is -0.121. The van der Waals surface area contributed by atoms with Crippen LogP contribution < -0.4 is 20.3 Å². The number of amides is 2. The van der Waals surface area contributed by atoms with Gasteiger partial charge in [-0.3, -0.25) is 9.59 Å². The van der Waals surface area contributed by atoms with Gasteiger partial charge in [0, 0.05) is 71.6 Å². The molecule has 11 heteroatoms. The number of carbonyl (C=O) groups excluding carboxylic acids is 2. The molecular weight excluding hydrogens is 492 g/mol. The van der Waals surface area contributed by atoms with Crippen molar-refractivity contribution in [2.75, 3.05) is 17.3 Å². The normalized spacial score (nSPS) is 15.0. The van der Waals surface area contributed by atoms with Gasteiger partial charge in [-0.05, 0) is 55.8 Å². The molecule has 0 fully saturated rings. The molecule has 0 spiro atoms. The van der Waals surface area contributed by atoms with E-state index in [1.807, 2.05) is 18.7 Å². The largest absolute Gasteiger partial charge is 0.487 e. The number of aromatic nitrogens is 2. The molecular formula is C25H24ClF2N5O3. The summed E-state index contributed by atoms with van der Waals surface area (Å²) in [6, 6.07) is 8.49. The predicted octanol–water partition coefficient (Wildman–Crippen LogP) is 4.45. The molecule has 0 bridgehead atoms. The highest BCUT2D eigenvalue weighted by molar-refractivity contribution is 6.20. The summed E-state index contributed by atoms with van der Waals surface area (Å²) in [5, 5.41) is 5.48. The van der Waals surface area contributed by atoms with E-state index in [-0.39, 0.29) is 17.7 Å². The van der Waals surface area contributed by atoms with Crippen LogP contribution in [0.2, 0.25) is 0 Å². The summed E-state index contributed by atoms with van der Waals surface area (Å²) in [6.07, 6.45) is 5.15. The van der Waals surface area contributed by atoms with E-state index in [1.54, 1.807) is 31.6 Å². The summed E-state index contributed by atoms with van der Waals surface area (Å²) < 4.78 is 30.0. The van der Waals surface area contributed by atoms with E-state index in [4.69, 9.17) is 11.6 Å². The van der Waals surface area contributed by atoms with E-state index in [2.05, 4.69) is 25.3 Å². The highest BCUT2D eigenvalue weighted by Crippen LogP contribution is 2.42. The molecule has 0 radical (unpaired) electrons. The van der Waals surface area contributed by atoms with Gasteiger partial charge in [-0.25, -0.2) is 9.97 Å². The fourth-order valence-corrected chi connectivity index (χ4v) is 4.44. The first-order chi connectivity index (χ1) is 17.1. The van der Waals surface area contributed by atoms with Gasteiger partial charge in [-0.1, -0.05) is 0 Å². The van der Waals surface area contributed by atoms with Crippen molar-refractivity contribution in [3.8, 4) is 16.9 Å². The molecule has 1 aromatic heterocycles. The van der Waals surface area contributed by atoms with Gasteiger partial charge in [0.25, 0.3) is 5.91 Å². The molecule has 8 nitrogen and oxygen atoms in total. The third-order valence-electron chi connectivity index (χ3n) is 5.78. The average Bonchev–Trinajstić information content (AvgIpc) is 3.24. The topological polar surface area (TPSA) is 96.5 Å². The number of ether oxygens (including phenoxy) is 1. The monoisotopic (exact) mass is 515 g/mol. The fraction of sp³-hybridized carbons (Fsp3) is 0.280. The Bertz CT molecular complexity index is 1270. The Morgan fingerprint density at radius 1 is 1.17 bits per heavy atom. The number of likely N-dealkylation sites (N-methyl/N-ethyl adjacent to an activating group) is 1. The molecule has 1 unspecified atom stereocenters. The van der Waals surface area contributed by atoms with Gasteiger partial charge >= 0.3 is 5.57 Å². The first kappa shape index (κ1) is 25.3. The molecule has 2 N–H and O–H groups in total. The standard InChI is InChI=1S/C25H24ClF2N5O3/c1-14(2)33-21(24(35)29-3)10-15-8-16(9-20(22(15)33)17-11-30-13-31-12-17)23(34)32-18-4-6-19(7-5-18)36-25(26,27)28/h4-9,11-14,21H,10H2,1-3H3,(H,29,35)(H,32,34). The number of nitrogens with zero attached hydrogens (tertiary/aromatic N) is 3. The van der Waals surface area contributed by atoms with Crippen LogP contribution in [0, 0.1) is 0 Å². The Morgan fingerprint density at radius 2 is 1.83 bits per heavy atom. The summed E-state index contributed by atoms with van der Waals surface area (Å²) in [6.45, 7) is 4.01. The summed E-state index contributed by atoms with van der Waals surface area (Å²) >= 11 is 4.79. The maximum absolute atomic E-state index is 13.2. The summed E-state index contributed by atoms with van der Waals surface area (Å²) in [7, 11) is 1.60. The zero-order valence-electron chi connectivity index (χ0n) is 19.8. The number of anilines is 2. The Morgan fingerprint density at radius 3 is 2.42 bits per heavy atom. The molecule has 3 aromatic rings. The molecule has 1 atom stereocenters. The molecule has 0 saturated carbocycles. The molecule has 188 valence electrons. The maximum atomic E-state index is 13.2. The van der Waals surface area contributed by atoms with Crippen LogP contribution >= 0.6 is 11.6 Å². The van der Waals surface area contributed by atoms with E-state index >= 15 is 0 Å². The average molecular weight is 516 g/mol. The highest BCUT2D eigenvalue weighted by atomic mass is 35.5. The van der Waals surface area contributed by atoms with Gasteiger partial charge in [0.05, 0.1) is 0 Å². The fourth-order valence-electron chi connectivity index (χ4n) is 4.35. The Kier molecular flexibility index (Phi) is 7.07. The van der Waals surface area contributed by atoms with Crippen LogP contribution in [0.15, 0.2) is 55.1 Å². The van der Waals surface area contributed by atoms with Crippen molar-refractivity contribution in [1.29, 1.82) is 0 Å². The summed E-state index contributed by atoms with van der Waals surface area (Å²) in [5.41, 5.74) is 0.0409. The maximum Gasteiger partial charge on any atom is 0.487 e. The van der Waals surface area contributed by atoms with E-state index in [1.165, 1.54) is 30.6 Å². The quantitative estimate of drug-likeness (QED) is 0.451. The van der Waals surface area contributed by atoms with Crippen molar-refractivity contribution in [2.45, 2.75) is 37.9 Å². The summed E-state index contributed by atoms with van der Waals surface area (Å²) in [5.74, 6) is -0.677. The number of alkyl halides is 3. The highest BCUT2D eigenvalue weighted by Gasteiger charge is 2.38. The Balaban J connectivity index is 1.70. The van der Waals surface area contributed by atoms with Crippen LogP contribution in [0.5, 0.6) is 5.75 Å². The minimum Gasteiger partial charge on any atom is -0.420 e. The van der Waals surface area contributed by atoms with Crippen molar-refractivity contribution in [3.63, 3.8) is 0 Å². The molecule has 2 aromatic carbocycles. The van der Waals surface area contributed by atoms with Crippen LogP contribution in [0.1, 0.15) is 29.8 Å². The van der Waals surface area contributed by atoms with Crippen molar-refractivity contribution in [1.82, 2.24) is 15.3 Å². The minimum absolute atomic E-state index is 0.0118. The first-order valence-corrected chi connectivity index (χ1v) is 11.5. The molecule has 4 rings (SSSR count). The lowest BCUT2D eigenvalue weighted by atomic mass is 9.97. The zero-order valence-corrected chi connectivity index (χ0v) is 20.5. The predicted molar refractivity (Wildman–Crippen MR) is 132 cm³/mol. The summed E-state index contributed by atoms with van der Waals surface area (Å²) in [4.78, 5) is 36.2.